The van der Waals surface area contributed by atoms with Crippen LogP contribution in [0.1, 0.15) is 51.5 Å². The smallest absolute Gasteiger partial charge is 0.306 e. The molecule has 0 aliphatic carbocycles. The van der Waals surface area contributed by atoms with Gasteiger partial charge in [-0.05, 0) is 37.0 Å². The topological polar surface area (TPSA) is 44.1 Å². The van der Waals surface area contributed by atoms with E-state index in [0.29, 0.717) is 18.9 Å². The van der Waals surface area contributed by atoms with Crippen LogP contribution in [0.5, 0.6) is 0 Å². The Kier molecular flexibility index (Phi) is 7.82. The Morgan fingerprint density at radius 1 is 1.36 bits per heavy atom. The van der Waals surface area contributed by atoms with Gasteiger partial charge < -0.3 is 4.74 Å². The number of fused-ring (bicyclic) bond motifs is 1. The first-order valence-electron chi connectivity index (χ1n) is 9.26. The molecule has 1 aromatic heterocycles. The Bertz CT molecular complexity index is 696. The third kappa shape index (κ3) is 5.77. The molecule has 1 heterocycles. The van der Waals surface area contributed by atoms with Crippen molar-refractivity contribution in [2.45, 2.75) is 57.8 Å². The van der Waals surface area contributed by atoms with Gasteiger partial charge in [0.05, 0.1) is 18.5 Å². The fourth-order valence-corrected chi connectivity index (χ4v) is 3.89. The minimum absolute atomic E-state index is 0.0810. The first-order valence-corrected chi connectivity index (χ1v) is 10.2. The van der Waals surface area contributed by atoms with Crippen molar-refractivity contribution in [3.63, 3.8) is 0 Å². The van der Waals surface area contributed by atoms with Crippen LogP contribution in [0.15, 0.2) is 23.2 Å². The van der Waals surface area contributed by atoms with Crippen molar-refractivity contribution in [3.05, 3.63) is 23.9 Å². The maximum atomic E-state index is 12.0. The number of thioether (sulfide) groups is 1. The molecule has 138 valence electrons. The third-order valence-electron chi connectivity index (χ3n) is 4.61. The van der Waals surface area contributed by atoms with Crippen molar-refractivity contribution >= 4 is 28.6 Å². The molecule has 1 unspecified atom stereocenters. The molecule has 0 spiro atoms. The molecule has 2 aromatic rings. The number of esters is 1. The fourth-order valence-electron chi connectivity index (χ4n) is 2.91. The molecule has 1 aromatic carbocycles. The van der Waals surface area contributed by atoms with E-state index in [1.807, 2.05) is 24.0 Å². The van der Waals surface area contributed by atoms with E-state index in [4.69, 9.17) is 4.74 Å². The monoisotopic (exact) mass is 362 g/mol. The molecular formula is C20H30N2O2S. The average Bonchev–Trinajstić information content (AvgIpc) is 2.98. The van der Waals surface area contributed by atoms with Crippen LogP contribution in [0.2, 0.25) is 0 Å². The summed E-state index contributed by atoms with van der Waals surface area (Å²) in [4.78, 5) is 13.2. The third-order valence-corrected chi connectivity index (χ3v) is 5.77. The largest absolute Gasteiger partial charge is 0.465 e. The SMILES string of the molecule is CCCCC(CC)COC(=O)CCSc1ccc2nn(C)cc2c1C. The summed E-state index contributed by atoms with van der Waals surface area (Å²) >= 11 is 1.72. The number of carbonyl (C=O) groups is 1. The Balaban J connectivity index is 1.78. The van der Waals surface area contributed by atoms with Gasteiger partial charge in [0.15, 0.2) is 0 Å². The standard InChI is InChI=1S/C20H30N2O2S/c1-5-7-8-16(6-2)14-24-20(23)11-12-25-19-10-9-18-17(15(19)3)13-22(4)21-18/h9-10,13,16H,5-8,11-12,14H2,1-4H3. The van der Waals surface area contributed by atoms with E-state index in [-0.39, 0.29) is 5.97 Å². The number of ether oxygens (including phenoxy) is 1. The molecule has 0 aliphatic heterocycles. The van der Waals surface area contributed by atoms with Gasteiger partial charge >= 0.3 is 5.97 Å². The molecule has 5 heteroatoms. The highest BCUT2D eigenvalue weighted by atomic mass is 32.2. The van der Waals surface area contributed by atoms with Crippen molar-refractivity contribution in [1.82, 2.24) is 9.78 Å². The molecule has 0 bridgehead atoms. The van der Waals surface area contributed by atoms with Crippen molar-refractivity contribution in [2.24, 2.45) is 13.0 Å². The zero-order valence-corrected chi connectivity index (χ0v) is 16.7. The molecule has 0 amide bonds. The molecule has 1 atom stereocenters. The molecular weight excluding hydrogens is 332 g/mol. The second-order valence-corrected chi connectivity index (χ2v) is 7.76. The minimum atomic E-state index is -0.0810. The van der Waals surface area contributed by atoms with E-state index in [1.165, 1.54) is 28.7 Å². The van der Waals surface area contributed by atoms with E-state index in [2.05, 4.69) is 31.9 Å². The van der Waals surface area contributed by atoms with Gasteiger partial charge in [-0.1, -0.05) is 33.1 Å². The second kappa shape index (κ2) is 9.85. The number of benzene rings is 1. The van der Waals surface area contributed by atoms with E-state index in [1.54, 1.807) is 11.8 Å². The lowest BCUT2D eigenvalue weighted by Crippen LogP contribution is -2.14. The molecule has 0 saturated heterocycles. The van der Waals surface area contributed by atoms with E-state index < -0.39 is 0 Å². The Hall–Kier alpha value is -1.49. The van der Waals surface area contributed by atoms with Gasteiger partial charge in [0.1, 0.15) is 0 Å². The number of aromatic nitrogens is 2. The van der Waals surface area contributed by atoms with E-state index >= 15 is 0 Å². The fraction of sp³-hybridized carbons (Fsp3) is 0.600. The Morgan fingerprint density at radius 2 is 2.16 bits per heavy atom. The van der Waals surface area contributed by atoms with Crippen LogP contribution < -0.4 is 0 Å². The second-order valence-electron chi connectivity index (χ2n) is 6.62. The number of rotatable bonds is 10. The number of aryl methyl sites for hydroxylation is 2. The molecule has 0 radical (unpaired) electrons. The lowest BCUT2D eigenvalue weighted by atomic mass is 10.0. The Morgan fingerprint density at radius 3 is 2.88 bits per heavy atom. The van der Waals surface area contributed by atoms with E-state index in [9.17, 15) is 4.79 Å². The summed E-state index contributed by atoms with van der Waals surface area (Å²) in [5.74, 6) is 1.17. The van der Waals surface area contributed by atoms with Crippen molar-refractivity contribution in [3.8, 4) is 0 Å². The summed E-state index contributed by atoms with van der Waals surface area (Å²) in [6, 6.07) is 4.14. The first kappa shape index (κ1) is 19.8. The van der Waals surface area contributed by atoms with Crippen LogP contribution in [0.4, 0.5) is 0 Å². The minimum Gasteiger partial charge on any atom is -0.465 e. The summed E-state index contributed by atoms with van der Waals surface area (Å²) < 4.78 is 7.31. The zero-order chi connectivity index (χ0) is 18.2. The summed E-state index contributed by atoms with van der Waals surface area (Å²) in [5, 5.41) is 5.60. The summed E-state index contributed by atoms with van der Waals surface area (Å²) in [6.07, 6.45) is 7.14. The van der Waals surface area contributed by atoms with Gasteiger partial charge in [-0.3, -0.25) is 9.48 Å². The molecule has 25 heavy (non-hydrogen) atoms. The lowest BCUT2D eigenvalue weighted by molar-refractivity contribution is -0.144. The van der Waals surface area contributed by atoms with Crippen LogP contribution in [0, 0.1) is 12.8 Å². The number of carbonyl (C=O) groups excluding carboxylic acids is 1. The summed E-state index contributed by atoms with van der Waals surface area (Å²) in [5.41, 5.74) is 2.25. The number of unbranched alkanes of at least 4 members (excludes halogenated alkanes) is 1. The lowest BCUT2D eigenvalue weighted by Gasteiger charge is -2.14. The number of nitrogens with zero attached hydrogens (tertiary/aromatic N) is 2. The van der Waals surface area contributed by atoms with Crippen molar-refractivity contribution in [1.29, 1.82) is 0 Å². The van der Waals surface area contributed by atoms with Gasteiger partial charge in [-0.25, -0.2) is 0 Å². The molecule has 0 fully saturated rings. The predicted molar refractivity (Wildman–Crippen MR) is 105 cm³/mol. The average molecular weight is 363 g/mol. The van der Waals surface area contributed by atoms with Crippen LogP contribution in [-0.2, 0) is 16.6 Å². The normalized spacial score (nSPS) is 12.5. The van der Waals surface area contributed by atoms with Crippen LogP contribution >= 0.6 is 11.8 Å². The number of hydrogen-bond donors (Lipinski definition) is 0. The first-order chi connectivity index (χ1) is 12.0. The highest BCUT2D eigenvalue weighted by Gasteiger charge is 2.11. The van der Waals surface area contributed by atoms with Crippen LogP contribution in [0.25, 0.3) is 10.9 Å². The molecule has 0 aliphatic rings. The molecule has 0 saturated carbocycles. The van der Waals surface area contributed by atoms with Gasteiger partial charge in [0, 0.05) is 29.3 Å². The zero-order valence-electron chi connectivity index (χ0n) is 15.9. The Labute approximate surface area is 155 Å². The van der Waals surface area contributed by atoms with Gasteiger partial charge in [0.25, 0.3) is 0 Å². The van der Waals surface area contributed by atoms with Gasteiger partial charge in [0.2, 0.25) is 0 Å². The number of hydrogen-bond acceptors (Lipinski definition) is 4. The molecule has 2 rings (SSSR count). The van der Waals surface area contributed by atoms with Crippen LogP contribution in [0.3, 0.4) is 0 Å². The van der Waals surface area contributed by atoms with Crippen molar-refractivity contribution < 1.29 is 9.53 Å². The highest BCUT2D eigenvalue weighted by Crippen LogP contribution is 2.29. The van der Waals surface area contributed by atoms with Gasteiger partial charge in [-0.15, -0.1) is 11.8 Å². The molecule has 4 nitrogen and oxygen atoms in total. The maximum absolute atomic E-state index is 12.0. The van der Waals surface area contributed by atoms with Crippen LogP contribution in [-0.4, -0.2) is 28.1 Å². The summed E-state index contributed by atoms with van der Waals surface area (Å²) in [7, 11) is 1.94. The quantitative estimate of drug-likeness (QED) is 0.434. The maximum Gasteiger partial charge on any atom is 0.306 e. The molecule has 0 N–H and O–H groups in total. The highest BCUT2D eigenvalue weighted by molar-refractivity contribution is 7.99. The van der Waals surface area contributed by atoms with E-state index in [0.717, 1.165) is 24.1 Å². The van der Waals surface area contributed by atoms with Gasteiger partial charge in [-0.2, -0.15) is 5.10 Å². The predicted octanol–water partition coefficient (Wildman–Crippen LogP) is 5.12. The van der Waals surface area contributed by atoms with Crippen molar-refractivity contribution in [2.75, 3.05) is 12.4 Å². The summed E-state index contributed by atoms with van der Waals surface area (Å²) in [6.45, 7) is 7.05.